The van der Waals surface area contributed by atoms with Crippen LogP contribution in [0.25, 0.3) is 11.1 Å². The van der Waals surface area contributed by atoms with E-state index < -0.39 is 0 Å². The average molecular weight is 392 g/mol. The van der Waals surface area contributed by atoms with Crippen molar-refractivity contribution in [3.8, 4) is 0 Å². The van der Waals surface area contributed by atoms with Crippen LogP contribution >= 0.6 is 0 Å². The highest BCUT2D eigenvalue weighted by Crippen LogP contribution is 2.34. The lowest BCUT2D eigenvalue weighted by atomic mass is 9.90. The maximum atomic E-state index is 12.8. The molecule has 0 atom stereocenters. The third-order valence-corrected chi connectivity index (χ3v) is 5.54. The van der Waals surface area contributed by atoms with Gasteiger partial charge in [-0.2, -0.15) is 0 Å². The molecule has 7 nitrogen and oxygen atoms in total. The van der Waals surface area contributed by atoms with Gasteiger partial charge in [0.05, 0.1) is 16.6 Å². The Labute approximate surface area is 169 Å². The molecule has 3 heterocycles. The zero-order valence-corrected chi connectivity index (χ0v) is 16.9. The van der Waals surface area contributed by atoms with Gasteiger partial charge in [-0.3, -0.25) is 9.59 Å². The van der Waals surface area contributed by atoms with Crippen LogP contribution in [0.3, 0.4) is 0 Å². The lowest BCUT2D eigenvalue weighted by Crippen LogP contribution is -2.38. The molecule has 0 saturated carbocycles. The Morgan fingerprint density at radius 1 is 1.14 bits per heavy atom. The molecular weight excluding hydrogens is 368 g/mol. The zero-order chi connectivity index (χ0) is 20.5. The van der Waals surface area contributed by atoms with Crippen molar-refractivity contribution >= 4 is 22.9 Å². The summed E-state index contributed by atoms with van der Waals surface area (Å²) in [4.78, 5) is 31.4. The third kappa shape index (κ3) is 3.60. The number of amides is 2. The number of aryl methyl sites for hydroxylation is 2. The second-order valence-corrected chi connectivity index (χ2v) is 7.57. The number of likely N-dealkylation sites (tertiary alicyclic amines) is 1. The van der Waals surface area contributed by atoms with Crippen molar-refractivity contribution < 1.29 is 14.1 Å². The van der Waals surface area contributed by atoms with Gasteiger partial charge in [-0.05, 0) is 44.9 Å². The van der Waals surface area contributed by atoms with Crippen LogP contribution in [0.15, 0.2) is 34.9 Å². The van der Waals surface area contributed by atoms with Crippen molar-refractivity contribution in [1.82, 2.24) is 20.4 Å². The van der Waals surface area contributed by atoms with E-state index >= 15 is 0 Å². The molecule has 1 fully saturated rings. The normalized spacial score (nSPS) is 14.9. The minimum atomic E-state index is -0.183. The summed E-state index contributed by atoms with van der Waals surface area (Å²) in [5.41, 5.74) is 4.23. The number of benzene rings is 1. The topological polar surface area (TPSA) is 88.3 Å². The second-order valence-electron chi connectivity index (χ2n) is 7.57. The lowest BCUT2D eigenvalue weighted by Gasteiger charge is -2.31. The highest BCUT2D eigenvalue weighted by atomic mass is 16.5. The molecule has 0 spiro atoms. The van der Waals surface area contributed by atoms with Gasteiger partial charge in [0.15, 0.2) is 0 Å². The van der Waals surface area contributed by atoms with Crippen LogP contribution in [0.4, 0.5) is 0 Å². The fourth-order valence-electron chi connectivity index (χ4n) is 3.92. The van der Waals surface area contributed by atoms with Gasteiger partial charge in [-0.1, -0.05) is 22.9 Å². The van der Waals surface area contributed by atoms with Gasteiger partial charge in [0.2, 0.25) is 0 Å². The van der Waals surface area contributed by atoms with Crippen LogP contribution in [0.1, 0.15) is 56.4 Å². The summed E-state index contributed by atoms with van der Waals surface area (Å²) in [5, 5.41) is 7.61. The molecule has 1 aromatic carbocycles. The van der Waals surface area contributed by atoms with Gasteiger partial charge in [0.25, 0.3) is 17.5 Å². The Kier molecular flexibility index (Phi) is 5.05. The van der Waals surface area contributed by atoms with Gasteiger partial charge in [0, 0.05) is 37.3 Å². The summed E-state index contributed by atoms with van der Waals surface area (Å²) in [7, 11) is 1.60. The zero-order valence-electron chi connectivity index (χ0n) is 16.9. The van der Waals surface area contributed by atoms with Gasteiger partial charge in [-0.25, -0.2) is 4.98 Å². The number of carbonyl (C=O) groups excluding carboxylic acids is 2. The molecule has 29 heavy (non-hydrogen) atoms. The first-order valence-corrected chi connectivity index (χ1v) is 9.83. The summed E-state index contributed by atoms with van der Waals surface area (Å²) >= 11 is 0. The van der Waals surface area contributed by atoms with E-state index in [1.807, 2.05) is 43.0 Å². The summed E-state index contributed by atoms with van der Waals surface area (Å²) in [6.07, 6.45) is 1.53. The molecule has 7 heteroatoms. The van der Waals surface area contributed by atoms with Crippen LogP contribution in [0.5, 0.6) is 0 Å². The molecule has 150 valence electrons. The van der Waals surface area contributed by atoms with Crippen molar-refractivity contribution in [2.75, 3.05) is 20.1 Å². The number of carbonyl (C=O) groups is 2. The largest absolute Gasteiger partial charge is 0.355 e. The first-order valence-electron chi connectivity index (χ1n) is 9.83. The van der Waals surface area contributed by atoms with Crippen molar-refractivity contribution in [3.63, 3.8) is 0 Å². The predicted octanol–water partition coefficient (Wildman–Crippen LogP) is 3.22. The van der Waals surface area contributed by atoms with Crippen LogP contribution in [-0.4, -0.2) is 47.0 Å². The number of hydrogen-bond acceptors (Lipinski definition) is 5. The molecule has 1 saturated heterocycles. The number of rotatable bonds is 3. The van der Waals surface area contributed by atoms with Gasteiger partial charge in [0.1, 0.15) is 0 Å². The first-order chi connectivity index (χ1) is 14.0. The molecular formula is C22H24N4O3. The molecule has 0 aliphatic carbocycles. The molecule has 0 unspecified atom stereocenters. The summed E-state index contributed by atoms with van der Waals surface area (Å²) < 4.78 is 5.45. The van der Waals surface area contributed by atoms with Crippen molar-refractivity contribution in [2.24, 2.45) is 0 Å². The number of nitrogens with zero attached hydrogens (tertiary/aromatic N) is 3. The number of pyridine rings is 1. The fourth-order valence-corrected chi connectivity index (χ4v) is 3.92. The van der Waals surface area contributed by atoms with Gasteiger partial charge >= 0.3 is 0 Å². The van der Waals surface area contributed by atoms with E-state index in [1.54, 1.807) is 13.1 Å². The monoisotopic (exact) mass is 392 g/mol. The molecule has 0 bridgehead atoms. The van der Waals surface area contributed by atoms with E-state index in [0.29, 0.717) is 41.0 Å². The molecule has 2 amide bonds. The number of hydrogen-bond donors (Lipinski definition) is 1. The van der Waals surface area contributed by atoms with Gasteiger partial charge in [-0.15, -0.1) is 0 Å². The SMILES string of the molecule is CNC(=O)c1cc(C)nc2onc(C3CCN(C(=O)c4ccc(C)cc4)CC3)c12. The molecule has 2 aromatic heterocycles. The lowest BCUT2D eigenvalue weighted by molar-refractivity contribution is 0.0711. The van der Waals surface area contributed by atoms with Crippen LogP contribution in [0, 0.1) is 13.8 Å². The van der Waals surface area contributed by atoms with Crippen LogP contribution < -0.4 is 5.32 Å². The van der Waals surface area contributed by atoms with E-state index in [2.05, 4.69) is 15.5 Å². The fraction of sp³-hybridized carbons (Fsp3) is 0.364. The highest BCUT2D eigenvalue weighted by molar-refractivity contribution is 6.06. The number of piperidine rings is 1. The molecule has 4 rings (SSSR count). The predicted molar refractivity (Wildman–Crippen MR) is 109 cm³/mol. The standard InChI is InChI=1S/C22H24N4O3/c1-13-4-6-16(7-5-13)22(28)26-10-8-15(9-11-26)19-18-17(20(27)23-3)12-14(2)24-21(18)29-25-19/h4-7,12,15H,8-11H2,1-3H3,(H,23,27). The Morgan fingerprint density at radius 2 is 1.83 bits per heavy atom. The van der Waals surface area contributed by atoms with E-state index in [-0.39, 0.29) is 17.7 Å². The molecule has 1 aliphatic rings. The minimum absolute atomic E-state index is 0.0526. The Hall–Kier alpha value is -3.22. The Bertz CT molecular complexity index is 1060. The first kappa shape index (κ1) is 19.1. The summed E-state index contributed by atoms with van der Waals surface area (Å²) in [6, 6.07) is 9.42. The second kappa shape index (κ2) is 7.66. The van der Waals surface area contributed by atoms with Crippen LogP contribution in [0.2, 0.25) is 0 Å². The van der Waals surface area contributed by atoms with E-state index in [1.165, 1.54) is 0 Å². The van der Waals surface area contributed by atoms with Crippen molar-refractivity contribution in [1.29, 1.82) is 0 Å². The number of nitrogens with one attached hydrogen (secondary N) is 1. The Morgan fingerprint density at radius 3 is 2.48 bits per heavy atom. The molecule has 0 radical (unpaired) electrons. The number of aromatic nitrogens is 2. The van der Waals surface area contributed by atoms with Crippen molar-refractivity contribution in [2.45, 2.75) is 32.6 Å². The maximum Gasteiger partial charge on any atom is 0.259 e. The van der Waals surface area contributed by atoms with Crippen LogP contribution in [-0.2, 0) is 0 Å². The smallest absolute Gasteiger partial charge is 0.259 e. The molecule has 3 aromatic rings. The summed E-state index contributed by atoms with van der Waals surface area (Å²) in [6.45, 7) is 5.11. The average Bonchev–Trinajstić information content (AvgIpc) is 3.16. The van der Waals surface area contributed by atoms with E-state index in [0.717, 1.165) is 24.1 Å². The minimum Gasteiger partial charge on any atom is -0.355 e. The van der Waals surface area contributed by atoms with Gasteiger partial charge < -0.3 is 14.7 Å². The molecule has 1 aliphatic heterocycles. The number of fused-ring (bicyclic) bond motifs is 1. The van der Waals surface area contributed by atoms with Crippen molar-refractivity contribution in [3.05, 3.63) is 58.4 Å². The van der Waals surface area contributed by atoms with E-state index in [9.17, 15) is 9.59 Å². The van der Waals surface area contributed by atoms with E-state index in [4.69, 9.17) is 4.52 Å². The Balaban J connectivity index is 1.56. The molecule has 1 N–H and O–H groups in total. The highest BCUT2D eigenvalue weighted by Gasteiger charge is 2.30. The maximum absolute atomic E-state index is 12.8. The quantitative estimate of drug-likeness (QED) is 0.739. The third-order valence-electron chi connectivity index (χ3n) is 5.54. The summed E-state index contributed by atoms with van der Waals surface area (Å²) in [5.74, 6) is -0.0139.